The van der Waals surface area contributed by atoms with Gasteiger partial charge in [0.2, 0.25) is 0 Å². The molecular formula is C21H20O5. The van der Waals surface area contributed by atoms with Crippen molar-refractivity contribution in [2.75, 3.05) is 6.61 Å². The van der Waals surface area contributed by atoms with Crippen LogP contribution in [0.2, 0.25) is 0 Å². The normalized spacial score (nSPS) is 21.8. The maximum atomic E-state index is 12.3. The topological polar surface area (TPSA) is 72.8 Å². The number of benzene rings is 2. The number of esters is 2. The first kappa shape index (κ1) is 17.9. The maximum absolute atomic E-state index is 12.3. The Hall–Kier alpha value is -2.92. The number of ether oxygens (including phenoxy) is 2. The summed E-state index contributed by atoms with van der Waals surface area (Å²) in [4.78, 5) is 24.4. The summed E-state index contributed by atoms with van der Waals surface area (Å²) in [5, 5.41) is 9.85. The standard InChI is InChI=1S/C21H20O5/c22-18-12-11-17(14-25-20(23)15-7-3-1-4-8-15)19(13-18)26-21(24)16-9-5-2-6-10-16/h1-12,17-19,22H,13-14H2/t17-,18+,19+/m0/s1. The second kappa shape index (κ2) is 8.45. The molecule has 1 aliphatic rings. The van der Waals surface area contributed by atoms with Crippen LogP contribution in [0.1, 0.15) is 27.1 Å². The smallest absolute Gasteiger partial charge is 0.338 e. The molecule has 0 aliphatic heterocycles. The second-order valence-electron chi connectivity index (χ2n) is 6.13. The third-order valence-corrected chi connectivity index (χ3v) is 4.22. The second-order valence-corrected chi connectivity index (χ2v) is 6.13. The van der Waals surface area contributed by atoms with Gasteiger partial charge < -0.3 is 14.6 Å². The predicted molar refractivity (Wildman–Crippen MR) is 95.6 cm³/mol. The molecule has 0 amide bonds. The Balaban J connectivity index is 1.63. The molecule has 1 aliphatic carbocycles. The third kappa shape index (κ3) is 4.58. The van der Waals surface area contributed by atoms with Crippen molar-refractivity contribution in [1.82, 2.24) is 0 Å². The van der Waals surface area contributed by atoms with Crippen molar-refractivity contribution in [2.24, 2.45) is 5.92 Å². The molecule has 0 heterocycles. The van der Waals surface area contributed by atoms with Gasteiger partial charge in [0, 0.05) is 12.3 Å². The van der Waals surface area contributed by atoms with E-state index in [1.54, 1.807) is 60.7 Å². The van der Waals surface area contributed by atoms with E-state index in [1.165, 1.54) is 0 Å². The molecule has 0 spiro atoms. The highest BCUT2D eigenvalue weighted by Crippen LogP contribution is 2.23. The first-order chi connectivity index (χ1) is 12.6. The molecule has 0 radical (unpaired) electrons. The Morgan fingerprint density at radius 3 is 2.08 bits per heavy atom. The van der Waals surface area contributed by atoms with Crippen molar-refractivity contribution < 1.29 is 24.2 Å². The molecule has 2 aromatic carbocycles. The molecule has 0 unspecified atom stereocenters. The number of aliphatic hydroxyl groups is 1. The lowest BCUT2D eigenvalue weighted by atomic mass is 9.91. The SMILES string of the molecule is O=C(OC[C@@H]1C=C[C@@H](O)C[C@H]1OC(=O)c1ccccc1)c1ccccc1. The Morgan fingerprint density at radius 2 is 1.46 bits per heavy atom. The number of rotatable bonds is 5. The van der Waals surface area contributed by atoms with Crippen LogP contribution in [0.5, 0.6) is 0 Å². The van der Waals surface area contributed by atoms with Crippen LogP contribution in [-0.4, -0.2) is 35.9 Å². The minimum atomic E-state index is -0.690. The van der Waals surface area contributed by atoms with Crippen molar-refractivity contribution >= 4 is 11.9 Å². The Bertz CT molecular complexity index is 770. The predicted octanol–water partition coefficient (Wildman–Crippen LogP) is 3.01. The van der Waals surface area contributed by atoms with Crippen molar-refractivity contribution in [1.29, 1.82) is 0 Å². The molecular weight excluding hydrogens is 332 g/mol. The van der Waals surface area contributed by atoms with Gasteiger partial charge in [-0.15, -0.1) is 0 Å². The molecule has 3 rings (SSSR count). The summed E-state index contributed by atoms with van der Waals surface area (Å²) in [6, 6.07) is 17.4. The van der Waals surface area contributed by atoms with Gasteiger partial charge in [-0.2, -0.15) is 0 Å². The molecule has 5 nitrogen and oxygen atoms in total. The average Bonchev–Trinajstić information content (AvgIpc) is 2.68. The first-order valence-corrected chi connectivity index (χ1v) is 8.48. The van der Waals surface area contributed by atoms with Crippen molar-refractivity contribution in [3.8, 4) is 0 Å². The minimum Gasteiger partial charge on any atom is -0.461 e. The maximum Gasteiger partial charge on any atom is 0.338 e. The quantitative estimate of drug-likeness (QED) is 0.661. The van der Waals surface area contributed by atoms with E-state index in [2.05, 4.69) is 0 Å². The van der Waals surface area contributed by atoms with Gasteiger partial charge >= 0.3 is 11.9 Å². The van der Waals surface area contributed by atoms with E-state index in [1.807, 2.05) is 12.1 Å². The zero-order valence-corrected chi connectivity index (χ0v) is 14.2. The van der Waals surface area contributed by atoms with Crippen LogP contribution in [0.15, 0.2) is 72.8 Å². The van der Waals surface area contributed by atoms with Gasteiger partial charge in [-0.1, -0.05) is 48.6 Å². The molecule has 2 aromatic rings. The van der Waals surface area contributed by atoms with Gasteiger partial charge in [-0.05, 0) is 24.3 Å². The fraction of sp³-hybridized carbons (Fsp3) is 0.238. The van der Waals surface area contributed by atoms with Gasteiger partial charge in [0.15, 0.2) is 0 Å². The van der Waals surface area contributed by atoms with Gasteiger partial charge in [-0.25, -0.2) is 9.59 Å². The van der Waals surface area contributed by atoms with Gasteiger partial charge in [-0.3, -0.25) is 0 Å². The summed E-state index contributed by atoms with van der Waals surface area (Å²) in [6.07, 6.45) is 2.38. The van der Waals surface area contributed by atoms with Crippen LogP contribution >= 0.6 is 0 Å². The van der Waals surface area contributed by atoms with Crippen LogP contribution in [-0.2, 0) is 9.47 Å². The molecule has 0 bridgehead atoms. The summed E-state index contributed by atoms with van der Waals surface area (Å²) in [6.45, 7) is 0.0731. The fourth-order valence-electron chi connectivity index (χ4n) is 2.79. The Kier molecular flexibility index (Phi) is 5.81. The van der Waals surface area contributed by atoms with Crippen LogP contribution in [0, 0.1) is 5.92 Å². The van der Waals surface area contributed by atoms with Gasteiger partial charge in [0.05, 0.1) is 17.2 Å². The van der Waals surface area contributed by atoms with E-state index in [4.69, 9.17) is 9.47 Å². The summed E-state index contributed by atoms with van der Waals surface area (Å²) in [5.41, 5.74) is 0.904. The number of aliphatic hydroxyl groups excluding tert-OH is 1. The number of carbonyl (C=O) groups excluding carboxylic acids is 2. The zero-order chi connectivity index (χ0) is 18.4. The number of carbonyl (C=O) groups is 2. The summed E-state index contributed by atoms with van der Waals surface area (Å²) < 4.78 is 10.9. The van der Waals surface area contributed by atoms with Crippen LogP contribution in [0.4, 0.5) is 0 Å². The Labute approximate surface area is 151 Å². The van der Waals surface area contributed by atoms with Crippen LogP contribution in [0.3, 0.4) is 0 Å². The largest absolute Gasteiger partial charge is 0.461 e. The monoisotopic (exact) mass is 352 g/mol. The highest BCUT2D eigenvalue weighted by atomic mass is 16.6. The Morgan fingerprint density at radius 1 is 0.885 bits per heavy atom. The molecule has 3 atom stereocenters. The summed E-state index contributed by atoms with van der Waals surface area (Å²) >= 11 is 0. The van der Waals surface area contributed by atoms with Crippen molar-refractivity contribution in [3.63, 3.8) is 0 Å². The molecule has 0 saturated heterocycles. The first-order valence-electron chi connectivity index (χ1n) is 8.48. The van der Waals surface area contributed by atoms with E-state index in [9.17, 15) is 14.7 Å². The lowest BCUT2D eigenvalue weighted by Gasteiger charge is -2.29. The molecule has 5 heteroatoms. The van der Waals surface area contributed by atoms with E-state index in [-0.39, 0.29) is 18.9 Å². The van der Waals surface area contributed by atoms with Crippen molar-refractivity contribution in [2.45, 2.75) is 18.6 Å². The average molecular weight is 352 g/mol. The van der Waals surface area contributed by atoms with E-state index < -0.39 is 24.1 Å². The van der Waals surface area contributed by atoms with E-state index >= 15 is 0 Å². The van der Waals surface area contributed by atoms with Crippen LogP contribution < -0.4 is 0 Å². The molecule has 26 heavy (non-hydrogen) atoms. The van der Waals surface area contributed by atoms with Crippen LogP contribution in [0.25, 0.3) is 0 Å². The van der Waals surface area contributed by atoms with E-state index in [0.29, 0.717) is 11.1 Å². The summed E-state index contributed by atoms with van der Waals surface area (Å²) in [7, 11) is 0. The summed E-state index contributed by atoms with van der Waals surface area (Å²) in [5.74, 6) is -1.20. The molecule has 1 N–H and O–H groups in total. The molecule has 134 valence electrons. The van der Waals surface area contributed by atoms with Crippen molar-refractivity contribution in [3.05, 3.63) is 83.9 Å². The fourth-order valence-corrected chi connectivity index (χ4v) is 2.79. The lowest BCUT2D eigenvalue weighted by molar-refractivity contribution is -0.0110. The van der Waals surface area contributed by atoms with Gasteiger partial charge in [0.1, 0.15) is 12.7 Å². The molecule has 0 fully saturated rings. The molecule has 0 aromatic heterocycles. The number of hydrogen-bond donors (Lipinski definition) is 1. The lowest BCUT2D eigenvalue weighted by Crippen LogP contribution is -2.35. The zero-order valence-electron chi connectivity index (χ0n) is 14.2. The van der Waals surface area contributed by atoms with E-state index in [0.717, 1.165) is 0 Å². The minimum absolute atomic E-state index is 0.0731. The molecule has 0 saturated carbocycles. The third-order valence-electron chi connectivity index (χ3n) is 4.22. The highest BCUT2D eigenvalue weighted by Gasteiger charge is 2.30. The number of hydrogen-bond acceptors (Lipinski definition) is 5. The highest BCUT2D eigenvalue weighted by molar-refractivity contribution is 5.90. The van der Waals surface area contributed by atoms with Gasteiger partial charge in [0.25, 0.3) is 0 Å².